The highest BCUT2D eigenvalue weighted by molar-refractivity contribution is 6.03. The van der Waals surface area contributed by atoms with Gasteiger partial charge in [-0.05, 0) is 88.7 Å². The highest BCUT2D eigenvalue weighted by Crippen LogP contribution is 2.49. The highest BCUT2D eigenvalue weighted by atomic mass is 19.1. The molecule has 4 aromatic rings. The number of fused-ring (bicyclic) bond motifs is 4. The van der Waals surface area contributed by atoms with Gasteiger partial charge in [-0.15, -0.1) is 0 Å². The molecule has 3 aromatic heterocycles. The van der Waals surface area contributed by atoms with Gasteiger partial charge in [-0.25, -0.2) is 13.8 Å². The zero-order valence-corrected chi connectivity index (χ0v) is 25.4. The van der Waals surface area contributed by atoms with Crippen LogP contribution in [0, 0.1) is 11.6 Å². The van der Waals surface area contributed by atoms with Gasteiger partial charge in [0.15, 0.2) is 0 Å². The Kier molecular flexibility index (Phi) is 6.56. The Morgan fingerprint density at radius 1 is 0.889 bits per heavy atom. The van der Waals surface area contributed by atoms with Gasteiger partial charge in [0, 0.05) is 53.8 Å². The van der Waals surface area contributed by atoms with E-state index in [4.69, 9.17) is 19.7 Å². The number of benzene rings is 1. The van der Waals surface area contributed by atoms with E-state index >= 15 is 8.78 Å². The number of hydrogen-bond acceptors (Lipinski definition) is 7. The Hall–Kier alpha value is -3.69. The van der Waals surface area contributed by atoms with E-state index in [0.717, 1.165) is 81.5 Å². The van der Waals surface area contributed by atoms with Crippen LogP contribution in [0.25, 0.3) is 33.3 Å². The molecule has 0 amide bonds. The van der Waals surface area contributed by atoms with Crippen LogP contribution >= 0.6 is 0 Å². The fourth-order valence-electron chi connectivity index (χ4n) is 8.54. The number of rotatable bonds is 7. The zero-order chi connectivity index (χ0) is 30.1. The normalized spacial score (nSPS) is 24.0. The summed E-state index contributed by atoms with van der Waals surface area (Å²) >= 11 is 0. The van der Waals surface area contributed by atoms with E-state index in [1.807, 2.05) is 12.3 Å². The number of piperazine rings is 1. The predicted octanol–water partition coefficient (Wildman–Crippen LogP) is 6.46. The number of hydrogen-bond donors (Lipinski definition) is 1. The lowest BCUT2D eigenvalue weighted by Crippen LogP contribution is -2.51. The van der Waals surface area contributed by atoms with Crippen LogP contribution in [-0.4, -0.2) is 70.3 Å². The van der Waals surface area contributed by atoms with E-state index < -0.39 is 11.6 Å². The molecule has 1 aliphatic carbocycles. The molecule has 1 aromatic carbocycles. The number of nitrogens with zero attached hydrogens (tertiary/aromatic N) is 5. The first-order valence-corrected chi connectivity index (χ1v) is 16.7. The van der Waals surface area contributed by atoms with Crippen LogP contribution < -0.4 is 15.0 Å². The number of anilines is 1. The fourth-order valence-corrected chi connectivity index (χ4v) is 8.54. The first kappa shape index (κ1) is 27.6. The Morgan fingerprint density at radius 3 is 2.40 bits per heavy atom. The van der Waals surface area contributed by atoms with Crippen molar-refractivity contribution in [2.24, 2.45) is 0 Å². The first-order chi connectivity index (χ1) is 22.1. The van der Waals surface area contributed by atoms with E-state index in [2.05, 4.69) is 21.2 Å². The number of pyridine rings is 3. The summed E-state index contributed by atoms with van der Waals surface area (Å²) in [6.45, 7) is 4.33. The molecule has 2 unspecified atom stereocenters. The van der Waals surface area contributed by atoms with Crippen LogP contribution in [0.3, 0.4) is 0 Å². The van der Waals surface area contributed by atoms with Crippen molar-refractivity contribution in [3.05, 3.63) is 66.0 Å². The quantitative estimate of drug-likeness (QED) is 0.258. The molecule has 2 atom stereocenters. The first-order valence-electron chi connectivity index (χ1n) is 16.7. The molecule has 7 nitrogen and oxygen atoms in total. The molecule has 1 saturated carbocycles. The van der Waals surface area contributed by atoms with Crippen molar-refractivity contribution in [2.75, 3.05) is 37.7 Å². The minimum Gasteiger partial charge on any atom is -0.475 e. The standard InChI is InChI=1S/C36H38F2N6O/c37-28-8-2-1-6-25(28)32-29(38)18-27-33(41-32)30(26-7-3-15-39-31(26)22-9-10-22)35(45-21-36-13-4-16-44(36)17-5-14-36)42-34(27)43-19-23-11-12-24(20-43)40-23/h1-3,6-8,15,18,22-24,40H,4-5,9-14,16-17,19-21H2. The summed E-state index contributed by atoms with van der Waals surface area (Å²) < 4.78 is 38.2. The second-order valence-electron chi connectivity index (χ2n) is 13.8. The lowest BCUT2D eigenvalue weighted by atomic mass is 9.95. The van der Waals surface area contributed by atoms with Crippen LogP contribution in [0.1, 0.15) is 63.0 Å². The average Bonchev–Trinajstić information content (AvgIpc) is 3.58. The van der Waals surface area contributed by atoms with Crippen molar-refractivity contribution in [3.8, 4) is 28.3 Å². The van der Waals surface area contributed by atoms with Gasteiger partial charge >= 0.3 is 0 Å². The molecular weight excluding hydrogens is 570 g/mol. The molecule has 5 fully saturated rings. The van der Waals surface area contributed by atoms with Crippen LogP contribution in [0.5, 0.6) is 5.88 Å². The van der Waals surface area contributed by atoms with E-state index in [1.165, 1.54) is 25.0 Å². The molecule has 9 rings (SSSR count). The van der Waals surface area contributed by atoms with Gasteiger partial charge in [0.05, 0.1) is 22.3 Å². The summed E-state index contributed by atoms with van der Waals surface area (Å²) in [6.07, 6.45) is 10.8. The van der Waals surface area contributed by atoms with Gasteiger partial charge in [0.1, 0.15) is 29.8 Å². The summed E-state index contributed by atoms with van der Waals surface area (Å²) in [5.74, 6) is 0.504. The predicted molar refractivity (Wildman–Crippen MR) is 171 cm³/mol. The number of halogens is 2. The van der Waals surface area contributed by atoms with Crippen molar-refractivity contribution < 1.29 is 13.5 Å². The molecule has 2 bridgehead atoms. The Morgan fingerprint density at radius 2 is 1.64 bits per heavy atom. The summed E-state index contributed by atoms with van der Waals surface area (Å²) in [4.78, 5) is 20.0. The van der Waals surface area contributed by atoms with Gasteiger partial charge < -0.3 is 15.0 Å². The third kappa shape index (κ3) is 4.69. The number of aromatic nitrogens is 3. The molecule has 0 radical (unpaired) electrons. The minimum atomic E-state index is -0.562. The molecule has 4 aliphatic heterocycles. The van der Waals surface area contributed by atoms with Crippen LogP contribution in [0.2, 0.25) is 0 Å². The lowest BCUT2D eigenvalue weighted by Gasteiger charge is -2.35. The van der Waals surface area contributed by atoms with Gasteiger partial charge in [-0.1, -0.05) is 18.2 Å². The molecule has 0 spiro atoms. The molecule has 4 saturated heterocycles. The van der Waals surface area contributed by atoms with Crippen LogP contribution in [0.4, 0.5) is 14.6 Å². The smallest absolute Gasteiger partial charge is 0.225 e. The lowest BCUT2D eigenvalue weighted by molar-refractivity contribution is 0.111. The maximum atomic E-state index is 16.1. The minimum absolute atomic E-state index is 0.00135. The Balaban J connectivity index is 1.29. The van der Waals surface area contributed by atoms with Crippen molar-refractivity contribution in [3.63, 3.8) is 0 Å². The third-order valence-corrected chi connectivity index (χ3v) is 10.9. The largest absolute Gasteiger partial charge is 0.475 e. The molecule has 7 heterocycles. The van der Waals surface area contributed by atoms with E-state index in [0.29, 0.717) is 47.2 Å². The van der Waals surface area contributed by atoms with Crippen LogP contribution in [-0.2, 0) is 0 Å². The van der Waals surface area contributed by atoms with E-state index in [1.54, 1.807) is 18.2 Å². The second-order valence-corrected chi connectivity index (χ2v) is 13.8. The van der Waals surface area contributed by atoms with Crippen molar-refractivity contribution in [2.45, 2.75) is 74.9 Å². The van der Waals surface area contributed by atoms with Gasteiger partial charge in [0.2, 0.25) is 5.88 Å². The molecule has 5 aliphatic rings. The molecular formula is C36H38F2N6O. The zero-order valence-electron chi connectivity index (χ0n) is 25.4. The monoisotopic (exact) mass is 608 g/mol. The Bertz CT molecular complexity index is 1770. The molecule has 1 N–H and O–H groups in total. The number of nitrogens with one attached hydrogen (secondary N) is 1. The van der Waals surface area contributed by atoms with E-state index in [9.17, 15) is 0 Å². The van der Waals surface area contributed by atoms with Gasteiger partial charge in [-0.3, -0.25) is 9.88 Å². The summed E-state index contributed by atoms with van der Waals surface area (Å²) in [5.41, 5.74) is 3.40. The van der Waals surface area contributed by atoms with Crippen molar-refractivity contribution >= 4 is 16.7 Å². The van der Waals surface area contributed by atoms with Gasteiger partial charge in [-0.2, -0.15) is 4.98 Å². The van der Waals surface area contributed by atoms with Crippen molar-refractivity contribution in [1.29, 1.82) is 0 Å². The summed E-state index contributed by atoms with van der Waals surface area (Å²) in [5, 5.41) is 4.33. The molecule has 45 heavy (non-hydrogen) atoms. The Labute approximate surface area is 262 Å². The van der Waals surface area contributed by atoms with Crippen molar-refractivity contribution in [1.82, 2.24) is 25.2 Å². The SMILES string of the molecule is Fc1ccccc1-c1nc2c(-c3cccnc3C3CC3)c(OCC34CCCN3CCC4)nc(N3CC4CCC(C3)N4)c2cc1F. The number of ether oxygens (including phenoxy) is 1. The van der Waals surface area contributed by atoms with Gasteiger partial charge in [0.25, 0.3) is 0 Å². The second kappa shape index (κ2) is 10.7. The van der Waals surface area contributed by atoms with Crippen LogP contribution in [0.15, 0.2) is 48.7 Å². The summed E-state index contributed by atoms with van der Waals surface area (Å²) in [6, 6.07) is 12.5. The molecule has 9 heteroatoms. The fraction of sp³-hybridized carbons (Fsp3) is 0.472. The summed E-state index contributed by atoms with van der Waals surface area (Å²) in [7, 11) is 0. The van der Waals surface area contributed by atoms with E-state index in [-0.39, 0.29) is 16.8 Å². The maximum Gasteiger partial charge on any atom is 0.225 e. The maximum absolute atomic E-state index is 16.1. The highest BCUT2D eigenvalue weighted by Gasteiger charge is 2.45. The molecule has 232 valence electrons. The topological polar surface area (TPSA) is 66.4 Å². The average molecular weight is 609 g/mol. The third-order valence-electron chi connectivity index (χ3n) is 10.9.